The van der Waals surface area contributed by atoms with E-state index in [1.165, 1.54) is 16.7 Å². The summed E-state index contributed by atoms with van der Waals surface area (Å²) in [6.45, 7) is 3.66. The molecule has 0 aliphatic rings. The van der Waals surface area contributed by atoms with Gasteiger partial charge in [0.2, 0.25) is 0 Å². The molecule has 1 heterocycles. The molecule has 4 heteroatoms. The quantitative estimate of drug-likeness (QED) is 0.784. The monoisotopic (exact) mass is 230 g/mol. The van der Waals surface area contributed by atoms with E-state index in [9.17, 15) is 9.90 Å². The Kier molecular flexibility index (Phi) is 2.63. The first-order valence-electron chi connectivity index (χ1n) is 5.29. The Balaban J connectivity index is 2.72. The highest BCUT2D eigenvalue weighted by Gasteiger charge is 2.08. The molecule has 2 rings (SSSR count). The van der Waals surface area contributed by atoms with Crippen molar-refractivity contribution in [3.05, 3.63) is 51.9 Å². The van der Waals surface area contributed by atoms with Crippen LogP contribution in [0.15, 0.2) is 35.1 Å². The maximum atomic E-state index is 12.1. The van der Waals surface area contributed by atoms with Gasteiger partial charge in [-0.05, 0) is 49.7 Å². The normalized spacial score (nSPS) is 10.5. The molecule has 17 heavy (non-hydrogen) atoms. The van der Waals surface area contributed by atoms with Gasteiger partial charge in [-0.2, -0.15) is 0 Å². The highest BCUT2D eigenvalue weighted by atomic mass is 16.3. The van der Waals surface area contributed by atoms with Crippen LogP contribution in [0.3, 0.4) is 0 Å². The standard InChI is InChI=1S/C13H14N2O2/c1-8-7-9(2)15(13(17)12(8)14)10-3-5-11(16)6-4-10/h3-7,16H,14H2,1-2H3. The fourth-order valence-corrected chi connectivity index (χ4v) is 1.83. The van der Waals surface area contributed by atoms with Crippen LogP contribution in [0.25, 0.3) is 5.69 Å². The first-order chi connectivity index (χ1) is 8.00. The van der Waals surface area contributed by atoms with E-state index in [-0.39, 0.29) is 17.0 Å². The van der Waals surface area contributed by atoms with Crippen LogP contribution >= 0.6 is 0 Å². The van der Waals surface area contributed by atoms with Crippen LogP contribution in [-0.4, -0.2) is 9.67 Å². The molecule has 0 amide bonds. The molecule has 0 saturated carbocycles. The number of rotatable bonds is 1. The molecule has 0 saturated heterocycles. The van der Waals surface area contributed by atoms with Crippen LogP contribution in [0.1, 0.15) is 11.3 Å². The molecule has 4 nitrogen and oxygen atoms in total. The fourth-order valence-electron chi connectivity index (χ4n) is 1.83. The third-order valence-electron chi connectivity index (χ3n) is 2.74. The van der Waals surface area contributed by atoms with Crippen molar-refractivity contribution in [2.24, 2.45) is 0 Å². The largest absolute Gasteiger partial charge is 0.508 e. The maximum absolute atomic E-state index is 12.1. The minimum Gasteiger partial charge on any atom is -0.508 e. The lowest BCUT2D eigenvalue weighted by atomic mass is 10.2. The zero-order valence-electron chi connectivity index (χ0n) is 9.77. The van der Waals surface area contributed by atoms with Crippen molar-refractivity contribution < 1.29 is 5.11 Å². The van der Waals surface area contributed by atoms with Crippen LogP contribution < -0.4 is 11.3 Å². The van der Waals surface area contributed by atoms with Gasteiger partial charge in [-0.1, -0.05) is 0 Å². The third-order valence-corrected chi connectivity index (χ3v) is 2.74. The van der Waals surface area contributed by atoms with Crippen molar-refractivity contribution in [2.45, 2.75) is 13.8 Å². The summed E-state index contributed by atoms with van der Waals surface area (Å²) in [5, 5.41) is 9.23. The molecular weight excluding hydrogens is 216 g/mol. The second kappa shape index (κ2) is 3.97. The Morgan fingerprint density at radius 2 is 1.76 bits per heavy atom. The number of benzene rings is 1. The number of hydrogen-bond donors (Lipinski definition) is 2. The number of aryl methyl sites for hydroxylation is 2. The highest BCUT2D eigenvalue weighted by molar-refractivity contribution is 5.49. The molecule has 0 radical (unpaired) electrons. The Labute approximate surface area is 98.9 Å². The van der Waals surface area contributed by atoms with Crippen molar-refractivity contribution in [2.75, 3.05) is 5.73 Å². The van der Waals surface area contributed by atoms with E-state index in [1.807, 2.05) is 19.9 Å². The van der Waals surface area contributed by atoms with E-state index in [4.69, 9.17) is 5.73 Å². The molecule has 0 aliphatic heterocycles. The topological polar surface area (TPSA) is 68.2 Å². The molecular formula is C13H14N2O2. The molecule has 2 aromatic rings. The summed E-state index contributed by atoms with van der Waals surface area (Å²) in [5.41, 5.74) is 8.05. The lowest BCUT2D eigenvalue weighted by Crippen LogP contribution is -2.24. The second-order valence-electron chi connectivity index (χ2n) is 4.04. The average molecular weight is 230 g/mol. The number of nitrogens with two attached hydrogens (primary N) is 1. The molecule has 0 aliphatic carbocycles. The number of aromatic nitrogens is 1. The molecule has 3 N–H and O–H groups in total. The smallest absolute Gasteiger partial charge is 0.278 e. The third kappa shape index (κ3) is 1.89. The Morgan fingerprint density at radius 1 is 1.18 bits per heavy atom. The Hall–Kier alpha value is -2.23. The number of phenols is 1. The van der Waals surface area contributed by atoms with Gasteiger partial charge in [-0.15, -0.1) is 0 Å². The predicted octanol–water partition coefficient (Wildman–Crippen LogP) is 1.74. The lowest BCUT2D eigenvalue weighted by molar-refractivity contribution is 0.475. The average Bonchev–Trinajstić information content (AvgIpc) is 2.29. The Morgan fingerprint density at radius 3 is 2.35 bits per heavy atom. The van der Waals surface area contributed by atoms with E-state index in [0.29, 0.717) is 5.69 Å². The molecule has 0 bridgehead atoms. The van der Waals surface area contributed by atoms with Crippen molar-refractivity contribution in [1.29, 1.82) is 0 Å². The predicted molar refractivity (Wildman–Crippen MR) is 67.6 cm³/mol. The summed E-state index contributed by atoms with van der Waals surface area (Å²) in [6.07, 6.45) is 0. The van der Waals surface area contributed by atoms with E-state index in [0.717, 1.165) is 11.3 Å². The number of pyridine rings is 1. The summed E-state index contributed by atoms with van der Waals surface area (Å²) < 4.78 is 1.53. The molecule has 0 atom stereocenters. The van der Waals surface area contributed by atoms with Crippen molar-refractivity contribution in [3.8, 4) is 11.4 Å². The van der Waals surface area contributed by atoms with Gasteiger partial charge in [0.15, 0.2) is 0 Å². The van der Waals surface area contributed by atoms with Crippen LogP contribution in [-0.2, 0) is 0 Å². The van der Waals surface area contributed by atoms with Gasteiger partial charge in [0.05, 0.1) is 0 Å². The van der Waals surface area contributed by atoms with E-state index >= 15 is 0 Å². The van der Waals surface area contributed by atoms with Crippen molar-refractivity contribution in [1.82, 2.24) is 4.57 Å². The summed E-state index contributed by atoms with van der Waals surface area (Å²) in [5.74, 6) is 0.166. The van der Waals surface area contributed by atoms with E-state index in [1.54, 1.807) is 12.1 Å². The molecule has 1 aromatic heterocycles. The maximum Gasteiger partial charge on any atom is 0.278 e. The SMILES string of the molecule is Cc1cc(C)n(-c2ccc(O)cc2)c(=O)c1N. The molecule has 0 unspecified atom stereocenters. The molecule has 88 valence electrons. The van der Waals surface area contributed by atoms with Gasteiger partial charge in [-0.3, -0.25) is 9.36 Å². The van der Waals surface area contributed by atoms with Crippen LogP contribution in [0.2, 0.25) is 0 Å². The van der Waals surface area contributed by atoms with Crippen molar-refractivity contribution in [3.63, 3.8) is 0 Å². The summed E-state index contributed by atoms with van der Waals surface area (Å²) >= 11 is 0. The first-order valence-corrected chi connectivity index (χ1v) is 5.29. The van der Waals surface area contributed by atoms with Gasteiger partial charge in [-0.25, -0.2) is 0 Å². The number of aromatic hydroxyl groups is 1. The van der Waals surface area contributed by atoms with Gasteiger partial charge in [0, 0.05) is 11.4 Å². The number of nitrogens with zero attached hydrogens (tertiary/aromatic N) is 1. The summed E-state index contributed by atoms with van der Waals surface area (Å²) in [4.78, 5) is 12.1. The zero-order chi connectivity index (χ0) is 12.6. The first kappa shape index (κ1) is 11.3. The minimum absolute atomic E-state index is 0.166. The number of phenolic OH excluding ortho intramolecular Hbond substituents is 1. The van der Waals surface area contributed by atoms with Gasteiger partial charge < -0.3 is 10.8 Å². The van der Waals surface area contributed by atoms with Gasteiger partial charge in [0.25, 0.3) is 5.56 Å². The minimum atomic E-state index is -0.229. The van der Waals surface area contributed by atoms with E-state index < -0.39 is 0 Å². The second-order valence-corrected chi connectivity index (χ2v) is 4.04. The number of anilines is 1. The zero-order valence-corrected chi connectivity index (χ0v) is 9.77. The van der Waals surface area contributed by atoms with Crippen LogP contribution in [0.5, 0.6) is 5.75 Å². The highest BCUT2D eigenvalue weighted by Crippen LogP contribution is 2.16. The fraction of sp³-hybridized carbons (Fsp3) is 0.154. The Bertz CT molecular complexity index is 613. The van der Waals surface area contributed by atoms with Gasteiger partial charge >= 0.3 is 0 Å². The lowest BCUT2D eigenvalue weighted by Gasteiger charge is -2.12. The van der Waals surface area contributed by atoms with E-state index in [2.05, 4.69) is 0 Å². The molecule has 0 spiro atoms. The van der Waals surface area contributed by atoms with Crippen molar-refractivity contribution >= 4 is 5.69 Å². The van der Waals surface area contributed by atoms with Crippen LogP contribution in [0, 0.1) is 13.8 Å². The van der Waals surface area contributed by atoms with Gasteiger partial charge in [0.1, 0.15) is 11.4 Å². The summed E-state index contributed by atoms with van der Waals surface area (Å²) in [7, 11) is 0. The molecule has 1 aromatic carbocycles. The number of hydrogen-bond acceptors (Lipinski definition) is 3. The van der Waals surface area contributed by atoms with Crippen LogP contribution in [0.4, 0.5) is 5.69 Å². The summed E-state index contributed by atoms with van der Waals surface area (Å²) in [6, 6.07) is 8.30. The number of nitrogen functional groups attached to an aromatic ring is 1. The molecule has 0 fully saturated rings.